The van der Waals surface area contributed by atoms with E-state index in [0.717, 1.165) is 0 Å². The molecule has 108 valence electrons. The van der Waals surface area contributed by atoms with Gasteiger partial charge in [0.2, 0.25) is 0 Å². The number of rotatable bonds is 2. The topological polar surface area (TPSA) is 110 Å². The minimum Gasteiger partial charge on any atom is -0.393 e. The Balaban J connectivity index is 2.30. The molecule has 1 saturated heterocycles. The van der Waals surface area contributed by atoms with Crippen LogP contribution in [0.5, 0.6) is 0 Å². The van der Waals surface area contributed by atoms with Gasteiger partial charge in [-0.25, -0.2) is 0 Å². The Kier molecular flexibility index (Phi) is 3.89. The second-order valence-corrected chi connectivity index (χ2v) is 5.08. The highest BCUT2D eigenvalue weighted by atomic mass is 16.6. The summed E-state index contributed by atoms with van der Waals surface area (Å²) in [6.45, 7) is 2.57. The predicted molar refractivity (Wildman–Crippen MR) is 73.2 cm³/mol. The zero-order chi connectivity index (χ0) is 14.9. The van der Waals surface area contributed by atoms with Crippen molar-refractivity contribution in [1.29, 1.82) is 0 Å². The lowest BCUT2D eigenvalue weighted by molar-refractivity contribution is -0.384. The number of amides is 1. The van der Waals surface area contributed by atoms with Gasteiger partial charge >= 0.3 is 5.69 Å². The summed E-state index contributed by atoms with van der Waals surface area (Å²) in [4.78, 5) is 24.2. The number of hydrogen-bond acceptors (Lipinski definition) is 5. The van der Waals surface area contributed by atoms with Crippen molar-refractivity contribution in [1.82, 2.24) is 4.90 Å². The monoisotopic (exact) mass is 279 g/mol. The number of carbonyl (C=O) groups excluding carboxylic acids is 1. The first-order valence-corrected chi connectivity index (χ1v) is 6.42. The molecule has 1 fully saturated rings. The van der Waals surface area contributed by atoms with Gasteiger partial charge in [0, 0.05) is 13.1 Å². The molecule has 1 aliphatic rings. The SMILES string of the molecule is CC1CCN(C(=O)c2cccc(N)c2[N+](=O)[O-])CC1O. The molecule has 2 unspecified atom stereocenters. The Bertz CT molecular complexity index is 546. The van der Waals surface area contributed by atoms with E-state index in [1.54, 1.807) is 0 Å². The molecule has 20 heavy (non-hydrogen) atoms. The number of aliphatic hydroxyl groups excluding tert-OH is 1. The Hall–Kier alpha value is -2.15. The number of nitrogens with zero attached hydrogens (tertiary/aromatic N) is 2. The first-order valence-electron chi connectivity index (χ1n) is 6.42. The lowest BCUT2D eigenvalue weighted by Gasteiger charge is -2.34. The summed E-state index contributed by atoms with van der Waals surface area (Å²) in [5.74, 6) is -0.343. The van der Waals surface area contributed by atoms with E-state index in [2.05, 4.69) is 0 Å². The van der Waals surface area contributed by atoms with Crippen LogP contribution in [0.3, 0.4) is 0 Å². The van der Waals surface area contributed by atoms with E-state index >= 15 is 0 Å². The van der Waals surface area contributed by atoms with E-state index in [1.807, 2.05) is 6.92 Å². The molecule has 0 bridgehead atoms. The number of nitro groups is 1. The second kappa shape index (κ2) is 5.46. The number of benzene rings is 1. The number of β-amino-alcohol motifs (C(OH)–C–C–N with tert-alkyl or cyclic N) is 1. The number of nitrogen functional groups attached to an aromatic ring is 1. The third kappa shape index (κ3) is 2.57. The quantitative estimate of drug-likeness (QED) is 0.477. The third-order valence-electron chi connectivity index (χ3n) is 3.69. The fourth-order valence-electron chi connectivity index (χ4n) is 2.34. The number of piperidine rings is 1. The first-order chi connectivity index (χ1) is 9.41. The summed E-state index contributed by atoms with van der Waals surface area (Å²) in [7, 11) is 0. The van der Waals surface area contributed by atoms with Gasteiger partial charge in [0.1, 0.15) is 11.3 Å². The van der Waals surface area contributed by atoms with Crippen molar-refractivity contribution in [2.24, 2.45) is 5.92 Å². The molecule has 0 radical (unpaired) electrons. The molecule has 3 N–H and O–H groups in total. The fraction of sp³-hybridized carbons (Fsp3) is 0.462. The highest BCUT2D eigenvalue weighted by Crippen LogP contribution is 2.28. The van der Waals surface area contributed by atoms with Gasteiger partial charge in [0.15, 0.2) is 0 Å². The van der Waals surface area contributed by atoms with Gasteiger partial charge in [-0.3, -0.25) is 14.9 Å². The molecule has 7 nitrogen and oxygen atoms in total. The van der Waals surface area contributed by atoms with Gasteiger partial charge in [0.25, 0.3) is 5.91 Å². The van der Waals surface area contributed by atoms with Crippen molar-refractivity contribution in [3.63, 3.8) is 0 Å². The van der Waals surface area contributed by atoms with E-state index < -0.39 is 16.9 Å². The van der Waals surface area contributed by atoms with Crippen molar-refractivity contribution in [3.05, 3.63) is 33.9 Å². The average Bonchev–Trinajstić information content (AvgIpc) is 2.40. The van der Waals surface area contributed by atoms with E-state index in [9.17, 15) is 20.0 Å². The average molecular weight is 279 g/mol. The minimum absolute atomic E-state index is 0.0308. The number of likely N-dealkylation sites (tertiary alicyclic amines) is 1. The third-order valence-corrected chi connectivity index (χ3v) is 3.69. The van der Waals surface area contributed by atoms with Crippen molar-refractivity contribution >= 4 is 17.3 Å². The van der Waals surface area contributed by atoms with Crippen molar-refractivity contribution in [2.75, 3.05) is 18.8 Å². The van der Waals surface area contributed by atoms with Gasteiger partial charge in [-0.15, -0.1) is 0 Å². The molecule has 7 heteroatoms. The number of nitro benzene ring substituents is 1. The van der Waals surface area contributed by atoms with Crippen LogP contribution in [0.15, 0.2) is 18.2 Å². The second-order valence-electron chi connectivity index (χ2n) is 5.08. The van der Waals surface area contributed by atoms with E-state index in [-0.39, 0.29) is 29.4 Å². The molecule has 1 aromatic carbocycles. The molecule has 2 rings (SSSR count). The molecule has 1 heterocycles. The normalized spacial score (nSPS) is 22.6. The summed E-state index contributed by atoms with van der Waals surface area (Å²) in [6, 6.07) is 4.29. The largest absolute Gasteiger partial charge is 0.393 e. The van der Waals surface area contributed by atoms with Gasteiger partial charge in [-0.05, 0) is 24.5 Å². The van der Waals surface area contributed by atoms with Crippen molar-refractivity contribution in [2.45, 2.75) is 19.4 Å². The maximum atomic E-state index is 12.4. The highest BCUT2D eigenvalue weighted by Gasteiger charge is 2.31. The number of hydrogen-bond donors (Lipinski definition) is 2. The molecule has 0 aliphatic carbocycles. The number of aliphatic hydroxyl groups is 1. The summed E-state index contributed by atoms with van der Waals surface area (Å²) >= 11 is 0. The van der Waals surface area contributed by atoms with Crippen LogP contribution in [-0.4, -0.2) is 40.0 Å². The van der Waals surface area contributed by atoms with Crippen LogP contribution in [0.1, 0.15) is 23.7 Å². The van der Waals surface area contributed by atoms with Crippen LogP contribution >= 0.6 is 0 Å². The number of anilines is 1. The summed E-state index contributed by atoms with van der Waals surface area (Å²) in [5, 5.41) is 20.9. The number of carbonyl (C=O) groups is 1. The van der Waals surface area contributed by atoms with Gasteiger partial charge < -0.3 is 15.7 Å². The molecule has 0 aromatic heterocycles. The van der Waals surface area contributed by atoms with Gasteiger partial charge in [0.05, 0.1) is 11.0 Å². The van der Waals surface area contributed by atoms with Crippen LogP contribution < -0.4 is 5.73 Å². The molecule has 0 spiro atoms. The Labute approximate surface area is 116 Å². The number of nitrogens with two attached hydrogens (primary N) is 1. The Morgan fingerprint density at radius 1 is 1.55 bits per heavy atom. The van der Waals surface area contributed by atoms with Crippen LogP contribution in [-0.2, 0) is 0 Å². The summed E-state index contributed by atoms with van der Waals surface area (Å²) in [6.07, 6.45) is 0.0658. The summed E-state index contributed by atoms with van der Waals surface area (Å²) < 4.78 is 0. The van der Waals surface area contributed by atoms with Crippen LogP contribution in [0, 0.1) is 16.0 Å². The van der Waals surface area contributed by atoms with E-state index in [1.165, 1.54) is 23.1 Å². The lowest BCUT2D eigenvalue weighted by Crippen LogP contribution is -2.46. The molecule has 1 aromatic rings. The van der Waals surface area contributed by atoms with E-state index in [0.29, 0.717) is 13.0 Å². The molecular formula is C13H17N3O4. The highest BCUT2D eigenvalue weighted by molar-refractivity contribution is 6.00. The molecule has 1 amide bonds. The summed E-state index contributed by atoms with van der Waals surface area (Å²) in [5.41, 5.74) is 5.14. The van der Waals surface area contributed by atoms with Crippen LogP contribution in [0.4, 0.5) is 11.4 Å². The zero-order valence-electron chi connectivity index (χ0n) is 11.2. The van der Waals surface area contributed by atoms with Crippen molar-refractivity contribution < 1.29 is 14.8 Å². The maximum Gasteiger partial charge on any atom is 0.304 e. The lowest BCUT2D eigenvalue weighted by atomic mass is 9.95. The van der Waals surface area contributed by atoms with Crippen LogP contribution in [0.2, 0.25) is 0 Å². The standard InChI is InChI=1S/C13H17N3O4/c1-8-5-6-15(7-11(8)17)13(18)9-3-2-4-10(14)12(9)16(19)20/h2-4,8,11,17H,5-7,14H2,1H3. The molecule has 2 atom stereocenters. The maximum absolute atomic E-state index is 12.4. The molecule has 0 saturated carbocycles. The Morgan fingerprint density at radius 2 is 2.25 bits per heavy atom. The molecular weight excluding hydrogens is 262 g/mol. The fourth-order valence-corrected chi connectivity index (χ4v) is 2.34. The van der Waals surface area contributed by atoms with Gasteiger partial charge in [-0.1, -0.05) is 13.0 Å². The Morgan fingerprint density at radius 3 is 2.85 bits per heavy atom. The first kappa shape index (κ1) is 14.3. The smallest absolute Gasteiger partial charge is 0.304 e. The van der Waals surface area contributed by atoms with E-state index in [4.69, 9.17) is 5.73 Å². The van der Waals surface area contributed by atoms with Gasteiger partial charge in [-0.2, -0.15) is 0 Å². The molecule has 1 aliphatic heterocycles. The minimum atomic E-state index is -0.647. The van der Waals surface area contributed by atoms with Crippen LogP contribution in [0.25, 0.3) is 0 Å². The van der Waals surface area contributed by atoms with Crippen molar-refractivity contribution in [3.8, 4) is 0 Å². The zero-order valence-corrected chi connectivity index (χ0v) is 11.2. The number of para-hydroxylation sites is 1. The predicted octanol–water partition coefficient (Wildman–Crippen LogP) is 1.02.